The summed E-state index contributed by atoms with van der Waals surface area (Å²) in [5.74, 6) is -2.58. The molecule has 1 rings (SSSR count). The predicted molar refractivity (Wildman–Crippen MR) is 104 cm³/mol. The molecule has 0 saturated carbocycles. The van der Waals surface area contributed by atoms with Crippen molar-refractivity contribution >= 4 is 23.7 Å². The SMILES string of the molecule is CC(C)CC(NC(=O)C(C)NC(=O)C1CCCN1)C(=O)NC(C(=O)O)C(C)C. The summed E-state index contributed by atoms with van der Waals surface area (Å²) in [7, 11) is 0. The van der Waals surface area contributed by atoms with Gasteiger partial charge in [0, 0.05) is 0 Å². The van der Waals surface area contributed by atoms with E-state index in [0.717, 1.165) is 19.4 Å². The minimum absolute atomic E-state index is 0.103. The van der Waals surface area contributed by atoms with Crippen molar-refractivity contribution in [3.05, 3.63) is 0 Å². The Balaban J connectivity index is 2.72. The summed E-state index contributed by atoms with van der Waals surface area (Å²) in [5, 5.41) is 20.1. The van der Waals surface area contributed by atoms with Gasteiger partial charge in [0.1, 0.15) is 18.1 Å². The number of carbonyl (C=O) groups excluding carboxylic acids is 3. The van der Waals surface area contributed by atoms with Gasteiger partial charge >= 0.3 is 5.97 Å². The van der Waals surface area contributed by atoms with Gasteiger partial charge in [-0.3, -0.25) is 14.4 Å². The van der Waals surface area contributed by atoms with E-state index in [4.69, 9.17) is 0 Å². The van der Waals surface area contributed by atoms with Crippen molar-refractivity contribution in [3.8, 4) is 0 Å². The molecule has 4 unspecified atom stereocenters. The van der Waals surface area contributed by atoms with Crippen molar-refractivity contribution in [2.45, 2.75) is 78.0 Å². The largest absolute Gasteiger partial charge is 0.480 e. The van der Waals surface area contributed by atoms with Crippen LogP contribution < -0.4 is 21.3 Å². The number of carboxylic acids is 1. The van der Waals surface area contributed by atoms with Gasteiger partial charge < -0.3 is 26.4 Å². The summed E-state index contributed by atoms with van der Waals surface area (Å²) in [6.07, 6.45) is 1.99. The van der Waals surface area contributed by atoms with Crippen molar-refractivity contribution in [1.29, 1.82) is 0 Å². The first-order chi connectivity index (χ1) is 13.0. The lowest BCUT2D eigenvalue weighted by Crippen LogP contribution is -2.57. The fourth-order valence-electron chi connectivity index (χ4n) is 3.05. The van der Waals surface area contributed by atoms with Crippen LogP contribution in [0.3, 0.4) is 0 Å². The molecule has 0 bridgehead atoms. The molecule has 4 atom stereocenters. The van der Waals surface area contributed by atoms with Crippen molar-refractivity contribution in [2.24, 2.45) is 11.8 Å². The van der Waals surface area contributed by atoms with Crippen LogP contribution in [-0.2, 0) is 19.2 Å². The number of aliphatic carboxylic acids is 1. The number of hydrogen-bond acceptors (Lipinski definition) is 5. The van der Waals surface area contributed by atoms with Crippen LogP contribution in [0.15, 0.2) is 0 Å². The van der Waals surface area contributed by atoms with Gasteiger partial charge in [-0.05, 0) is 44.6 Å². The summed E-state index contributed by atoms with van der Waals surface area (Å²) < 4.78 is 0. The average Bonchev–Trinajstić information content (AvgIpc) is 3.12. The first-order valence-corrected chi connectivity index (χ1v) is 9.90. The smallest absolute Gasteiger partial charge is 0.326 e. The monoisotopic (exact) mass is 398 g/mol. The van der Waals surface area contributed by atoms with Gasteiger partial charge in [-0.15, -0.1) is 0 Å². The second-order valence-electron chi connectivity index (χ2n) is 8.14. The van der Waals surface area contributed by atoms with Crippen LogP contribution in [0.5, 0.6) is 0 Å². The Morgan fingerprint density at radius 2 is 1.64 bits per heavy atom. The molecule has 0 aromatic carbocycles. The Hall–Kier alpha value is -2.16. The number of carboxylic acid groups (broad SMARTS) is 1. The van der Waals surface area contributed by atoms with E-state index in [-0.39, 0.29) is 23.8 Å². The van der Waals surface area contributed by atoms with E-state index < -0.39 is 35.9 Å². The van der Waals surface area contributed by atoms with Crippen molar-refractivity contribution in [2.75, 3.05) is 6.54 Å². The molecule has 0 aliphatic carbocycles. The number of rotatable bonds is 10. The molecule has 1 heterocycles. The second kappa shape index (κ2) is 11.0. The zero-order valence-electron chi connectivity index (χ0n) is 17.4. The Labute approximate surface area is 166 Å². The van der Waals surface area contributed by atoms with Crippen LogP contribution in [0, 0.1) is 11.8 Å². The number of nitrogens with one attached hydrogen (secondary N) is 4. The highest BCUT2D eigenvalue weighted by molar-refractivity contribution is 5.94. The molecule has 0 aromatic rings. The Morgan fingerprint density at radius 1 is 1.00 bits per heavy atom. The van der Waals surface area contributed by atoms with Gasteiger partial charge in [0.15, 0.2) is 0 Å². The third-order valence-electron chi connectivity index (χ3n) is 4.70. The fraction of sp³-hybridized carbons (Fsp3) is 0.789. The van der Waals surface area contributed by atoms with Crippen molar-refractivity contribution < 1.29 is 24.3 Å². The van der Waals surface area contributed by atoms with E-state index in [1.54, 1.807) is 20.8 Å². The lowest BCUT2D eigenvalue weighted by molar-refractivity contribution is -0.143. The fourth-order valence-corrected chi connectivity index (χ4v) is 3.05. The zero-order valence-corrected chi connectivity index (χ0v) is 17.4. The number of amides is 3. The van der Waals surface area contributed by atoms with E-state index in [2.05, 4.69) is 21.3 Å². The Kier molecular flexibility index (Phi) is 9.37. The molecule has 0 radical (unpaired) electrons. The first kappa shape index (κ1) is 23.9. The third-order valence-corrected chi connectivity index (χ3v) is 4.70. The zero-order chi connectivity index (χ0) is 21.4. The number of hydrogen-bond donors (Lipinski definition) is 5. The van der Waals surface area contributed by atoms with E-state index in [9.17, 15) is 24.3 Å². The standard InChI is InChI=1S/C19H34N4O5/c1-10(2)9-14(18(26)23-15(11(3)4)19(27)28)22-16(24)12(5)21-17(25)13-7-6-8-20-13/h10-15,20H,6-9H2,1-5H3,(H,21,25)(H,22,24)(H,23,26)(H,27,28). The maximum atomic E-state index is 12.6. The molecule has 1 aliphatic heterocycles. The maximum absolute atomic E-state index is 12.6. The highest BCUT2D eigenvalue weighted by atomic mass is 16.4. The summed E-state index contributed by atoms with van der Waals surface area (Å²) in [6.45, 7) is 9.53. The minimum atomic E-state index is -1.12. The van der Waals surface area contributed by atoms with E-state index in [1.165, 1.54) is 0 Å². The molecular formula is C19H34N4O5. The molecule has 3 amide bonds. The summed E-state index contributed by atoms with van der Waals surface area (Å²) in [4.78, 5) is 48.6. The first-order valence-electron chi connectivity index (χ1n) is 9.90. The van der Waals surface area contributed by atoms with Crippen molar-refractivity contribution in [3.63, 3.8) is 0 Å². The van der Waals surface area contributed by atoms with Gasteiger partial charge in [0.05, 0.1) is 6.04 Å². The molecule has 160 valence electrons. The van der Waals surface area contributed by atoms with Gasteiger partial charge in [0.25, 0.3) is 0 Å². The van der Waals surface area contributed by atoms with Crippen molar-refractivity contribution in [1.82, 2.24) is 21.3 Å². The van der Waals surface area contributed by atoms with Crippen LogP contribution in [0.4, 0.5) is 0 Å². The Morgan fingerprint density at radius 3 is 2.11 bits per heavy atom. The molecule has 1 fully saturated rings. The normalized spacial score (nSPS) is 19.8. The summed E-state index contributed by atoms with van der Waals surface area (Å²) >= 11 is 0. The van der Waals surface area contributed by atoms with Gasteiger partial charge in [0.2, 0.25) is 17.7 Å². The average molecular weight is 399 g/mol. The summed E-state index contributed by atoms with van der Waals surface area (Å²) in [5.41, 5.74) is 0. The number of carbonyl (C=O) groups is 4. The van der Waals surface area contributed by atoms with Crippen LogP contribution in [-0.4, -0.2) is 59.5 Å². The quantitative estimate of drug-likeness (QED) is 0.351. The molecule has 1 saturated heterocycles. The molecule has 9 heteroatoms. The molecule has 9 nitrogen and oxygen atoms in total. The van der Waals surface area contributed by atoms with Gasteiger partial charge in [-0.2, -0.15) is 0 Å². The predicted octanol–water partition coefficient (Wildman–Crippen LogP) is -0.000600. The second-order valence-corrected chi connectivity index (χ2v) is 8.14. The highest BCUT2D eigenvalue weighted by Crippen LogP contribution is 2.09. The van der Waals surface area contributed by atoms with E-state index in [0.29, 0.717) is 6.42 Å². The lowest BCUT2D eigenvalue weighted by Gasteiger charge is -2.25. The van der Waals surface area contributed by atoms with Crippen LogP contribution >= 0.6 is 0 Å². The van der Waals surface area contributed by atoms with E-state index in [1.807, 2.05) is 13.8 Å². The van der Waals surface area contributed by atoms with Crippen LogP contribution in [0.25, 0.3) is 0 Å². The minimum Gasteiger partial charge on any atom is -0.480 e. The van der Waals surface area contributed by atoms with Crippen LogP contribution in [0.1, 0.15) is 53.9 Å². The van der Waals surface area contributed by atoms with Gasteiger partial charge in [-0.25, -0.2) is 4.79 Å². The third kappa shape index (κ3) is 7.46. The molecule has 1 aliphatic rings. The summed E-state index contributed by atoms with van der Waals surface area (Å²) in [6, 6.07) is -3.02. The van der Waals surface area contributed by atoms with Gasteiger partial charge in [-0.1, -0.05) is 27.7 Å². The molecular weight excluding hydrogens is 364 g/mol. The molecule has 0 spiro atoms. The molecule has 28 heavy (non-hydrogen) atoms. The lowest BCUT2D eigenvalue weighted by atomic mass is 10.00. The topological polar surface area (TPSA) is 137 Å². The molecule has 0 aromatic heterocycles. The van der Waals surface area contributed by atoms with Crippen LogP contribution in [0.2, 0.25) is 0 Å². The molecule has 5 N–H and O–H groups in total. The highest BCUT2D eigenvalue weighted by Gasteiger charge is 2.31. The maximum Gasteiger partial charge on any atom is 0.326 e. The Bertz CT molecular complexity index is 573. The van der Waals surface area contributed by atoms with E-state index >= 15 is 0 Å².